The van der Waals surface area contributed by atoms with E-state index in [-0.39, 0.29) is 14.5 Å². The maximum absolute atomic E-state index is 5.95. The molecule has 15 heavy (non-hydrogen) atoms. The van der Waals surface area contributed by atoms with Crippen molar-refractivity contribution >= 4 is 40.7 Å². The molecule has 2 aromatic rings. The van der Waals surface area contributed by atoms with Gasteiger partial charge < -0.3 is 0 Å². The van der Waals surface area contributed by atoms with Gasteiger partial charge in [-0.25, -0.2) is 0 Å². The van der Waals surface area contributed by atoms with Crippen LogP contribution in [0.3, 0.4) is 0 Å². The monoisotopic (exact) mass is 289 g/mol. The van der Waals surface area contributed by atoms with Gasteiger partial charge in [-0.2, -0.15) is 0 Å². The number of anilines is 1. The van der Waals surface area contributed by atoms with E-state index in [1.807, 2.05) is 0 Å². The first-order valence-electron chi connectivity index (χ1n) is 4.75. The summed E-state index contributed by atoms with van der Waals surface area (Å²) in [5, 5.41) is 11.7. The van der Waals surface area contributed by atoms with Crippen molar-refractivity contribution in [3.63, 3.8) is 0 Å². The molecule has 1 aliphatic heterocycles. The fourth-order valence-electron chi connectivity index (χ4n) is 1.70. The first kappa shape index (κ1) is 9.51. The fraction of sp³-hybridized carbons (Fsp3) is 0.500. The normalized spacial score (nSPS) is 16.5. The van der Waals surface area contributed by atoms with Gasteiger partial charge in [-0.15, -0.1) is 0 Å². The third kappa shape index (κ3) is 1.62. The molecule has 7 heteroatoms. The zero-order chi connectivity index (χ0) is 10.3. The van der Waals surface area contributed by atoms with E-state index in [2.05, 4.69) is 25.3 Å². The van der Waals surface area contributed by atoms with Crippen LogP contribution in [-0.4, -0.2) is 48.0 Å². The Morgan fingerprint density at radius 1 is 1.20 bits per heavy atom. The van der Waals surface area contributed by atoms with E-state index >= 15 is 0 Å². The Kier molecular flexibility index (Phi) is 2.35. The van der Waals surface area contributed by atoms with E-state index in [4.69, 9.17) is 11.6 Å². The van der Waals surface area contributed by atoms with Crippen LogP contribution in [0.5, 0.6) is 0 Å². The molecule has 5 nitrogen and oxygen atoms in total. The van der Waals surface area contributed by atoms with Crippen LogP contribution in [0.4, 0.5) is 4.69 Å². The van der Waals surface area contributed by atoms with Crippen molar-refractivity contribution in [2.45, 2.75) is 12.8 Å². The number of aromatic nitrogens is 4. The minimum atomic E-state index is 0.152. The van der Waals surface area contributed by atoms with Crippen molar-refractivity contribution in [2.75, 3.05) is 18.0 Å². The predicted molar refractivity (Wildman–Crippen MR) is 58.5 cm³/mol. The Morgan fingerprint density at radius 2 is 2.00 bits per heavy atom. The number of fused-ring (bicyclic) bond motifs is 1. The fourth-order valence-corrected chi connectivity index (χ4v) is 3.96. The van der Waals surface area contributed by atoms with E-state index in [1.54, 1.807) is 0 Å². The number of rotatable bonds is 1. The molecule has 1 aliphatic rings. The molecule has 0 radical (unpaired) electrons. The van der Waals surface area contributed by atoms with Gasteiger partial charge in [0, 0.05) is 0 Å². The second-order valence-electron chi connectivity index (χ2n) is 3.42. The summed E-state index contributed by atoms with van der Waals surface area (Å²) in [5.74, 6) is 0. The van der Waals surface area contributed by atoms with Gasteiger partial charge in [0.1, 0.15) is 0 Å². The summed E-state index contributed by atoms with van der Waals surface area (Å²) >= 11 is 6.10. The van der Waals surface area contributed by atoms with Gasteiger partial charge >= 0.3 is 97.1 Å². The van der Waals surface area contributed by atoms with Crippen molar-refractivity contribution in [2.24, 2.45) is 0 Å². The molecular formula is C8H8ClN5Se. The average Bonchev–Trinajstić information content (AvgIpc) is 2.86. The molecule has 3 heterocycles. The van der Waals surface area contributed by atoms with Crippen molar-refractivity contribution in [3.05, 3.63) is 5.15 Å². The third-order valence-corrected chi connectivity index (χ3v) is 5.29. The van der Waals surface area contributed by atoms with Gasteiger partial charge in [0.25, 0.3) is 0 Å². The molecule has 0 bridgehead atoms. The first-order chi connectivity index (χ1) is 7.34. The number of hydrogen-bond donors (Lipinski definition) is 0. The van der Waals surface area contributed by atoms with Crippen LogP contribution >= 0.6 is 11.6 Å². The van der Waals surface area contributed by atoms with E-state index in [1.165, 1.54) is 12.8 Å². The molecule has 0 N–H and O–H groups in total. The Balaban J connectivity index is 2.09. The molecular weight excluding hydrogens is 281 g/mol. The van der Waals surface area contributed by atoms with Gasteiger partial charge in [-0.1, -0.05) is 0 Å². The topological polar surface area (TPSA) is 54.8 Å². The molecule has 3 rings (SSSR count). The molecule has 0 saturated carbocycles. The Bertz CT molecular complexity index is 493. The van der Waals surface area contributed by atoms with Crippen molar-refractivity contribution in [1.82, 2.24) is 20.4 Å². The van der Waals surface area contributed by atoms with Crippen LogP contribution in [0.15, 0.2) is 0 Å². The Morgan fingerprint density at radius 3 is 2.73 bits per heavy atom. The van der Waals surface area contributed by atoms with Gasteiger partial charge in [0.2, 0.25) is 0 Å². The number of nitrogens with zero attached hydrogens (tertiary/aromatic N) is 5. The summed E-state index contributed by atoms with van der Waals surface area (Å²) in [6, 6.07) is 0. The van der Waals surface area contributed by atoms with Crippen molar-refractivity contribution in [1.29, 1.82) is 0 Å². The standard InChI is InChI=1S/C8H8ClN5Se/c9-6-5-7(12-13-11-6)10-8(15-5)14-3-1-2-4-14/h1-4H2. The predicted octanol–water partition coefficient (Wildman–Crippen LogP) is 0.730. The molecule has 1 fully saturated rings. The summed E-state index contributed by atoms with van der Waals surface area (Å²) in [6.07, 6.45) is 2.51. The van der Waals surface area contributed by atoms with Crippen LogP contribution in [0.1, 0.15) is 12.8 Å². The molecule has 78 valence electrons. The summed E-state index contributed by atoms with van der Waals surface area (Å²) in [7, 11) is 0. The van der Waals surface area contributed by atoms with Crippen LogP contribution in [0.25, 0.3) is 9.91 Å². The zero-order valence-electron chi connectivity index (χ0n) is 7.85. The second-order valence-corrected chi connectivity index (χ2v) is 5.83. The summed E-state index contributed by atoms with van der Waals surface area (Å²) in [4.78, 5) is 6.78. The van der Waals surface area contributed by atoms with Gasteiger partial charge in [-0.3, -0.25) is 0 Å². The molecule has 0 spiro atoms. The van der Waals surface area contributed by atoms with Crippen LogP contribution < -0.4 is 4.90 Å². The average molecular weight is 289 g/mol. The molecule has 0 aromatic carbocycles. The van der Waals surface area contributed by atoms with Gasteiger partial charge in [0.05, 0.1) is 0 Å². The Hall–Kier alpha value is -0.711. The van der Waals surface area contributed by atoms with Gasteiger partial charge in [0.15, 0.2) is 0 Å². The second kappa shape index (κ2) is 3.70. The van der Waals surface area contributed by atoms with Crippen LogP contribution in [-0.2, 0) is 0 Å². The van der Waals surface area contributed by atoms with Crippen molar-refractivity contribution < 1.29 is 0 Å². The summed E-state index contributed by atoms with van der Waals surface area (Å²) < 4.78 is 2.10. The van der Waals surface area contributed by atoms with E-state index in [0.717, 1.165) is 22.0 Å². The van der Waals surface area contributed by atoms with Crippen LogP contribution in [0.2, 0.25) is 5.15 Å². The Labute approximate surface area is 97.2 Å². The quantitative estimate of drug-likeness (QED) is 0.724. The van der Waals surface area contributed by atoms with E-state index < -0.39 is 0 Å². The van der Waals surface area contributed by atoms with Gasteiger partial charge in [-0.05, 0) is 0 Å². The van der Waals surface area contributed by atoms with E-state index in [0.29, 0.717) is 10.8 Å². The summed E-state index contributed by atoms with van der Waals surface area (Å²) in [5.41, 5.74) is 0.664. The maximum atomic E-state index is 5.95. The zero-order valence-corrected chi connectivity index (χ0v) is 10.3. The molecule has 0 amide bonds. The summed E-state index contributed by atoms with van der Waals surface area (Å²) in [6.45, 7) is 2.21. The molecule has 2 aromatic heterocycles. The molecule has 0 unspecified atom stereocenters. The SMILES string of the molecule is Clc1nnnc2nc(N3CCCC3)[se]c12. The molecule has 1 saturated heterocycles. The molecule has 0 atom stereocenters. The first-order valence-corrected chi connectivity index (χ1v) is 6.84. The minimum absolute atomic E-state index is 0.152. The van der Waals surface area contributed by atoms with Crippen LogP contribution in [0, 0.1) is 0 Å². The van der Waals surface area contributed by atoms with Crippen molar-refractivity contribution in [3.8, 4) is 0 Å². The van der Waals surface area contributed by atoms with E-state index in [9.17, 15) is 0 Å². The number of hydrogen-bond acceptors (Lipinski definition) is 5. The number of halogens is 1. The molecule has 0 aliphatic carbocycles. The third-order valence-electron chi connectivity index (χ3n) is 2.43.